The minimum Gasteiger partial charge on any atom is -0.330 e. The maximum Gasteiger partial charge on any atom is 0.110 e. The maximum absolute atomic E-state index is 5.50. The smallest absolute Gasteiger partial charge is 0.110 e. The van der Waals surface area contributed by atoms with E-state index >= 15 is 0 Å². The number of aryl methyl sites for hydroxylation is 1. The summed E-state index contributed by atoms with van der Waals surface area (Å²) in [6, 6.07) is 0.510. The van der Waals surface area contributed by atoms with Crippen LogP contribution < -0.4 is 11.1 Å². The van der Waals surface area contributed by atoms with Crippen LogP contribution in [0.5, 0.6) is 0 Å². The molecule has 4 heteroatoms. The van der Waals surface area contributed by atoms with E-state index in [2.05, 4.69) is 10.3 Å². The molecule has 0 spiro atoms. The number of aromatic nitrogens is 1. The Bertz CT molecular complexity index is 292. The number of nitrogens with two attached hydrogens (primary N) is 1. The van der Waals surface area contributed by atoms with Crippen molar-refractivity contribution >= 4 is 11.3 Å². The van der Waals surface area contributed by atoms with Crippen LogP contribution in [0, 0.1) is 0 Å². The lowest BCUT2D eigenvalue weighted by Gasteiger charge is -2.21. The van der Waals surface area contributed by atoms with Crippen LogP contribution in [0.2, 0.25) is 0 Å². The predicted molar refractivity (Wildman–Crippen MR) is 64.1 cm³/mol. The molecule has 0 aliphatic carbocycles. The molecule has 0 bridgehead atoms. The van der Waals surface area contributed by atoms with E-state index in [1.165, 1.54) is 29.1 Å². The van der Waals surface area contributed by atoms with Gasteiger partial charge in [-0.05, 0) is 38.8 Å². The Morgan fingerprint density at radius 3 is 3.20 bits per heavy atom. The molecule has 0 saturated carbocycles. The average molecular weight is 225 g/mol. The Kier molecular flexibility index (Phi) is 4.11. The van der Waals surface area contributed by atoms with Crippen LogP contribution in [-0.4, -0.2) is 18.1 Å². The zero-order valence-electron chi connectivity index (χ0n) is 9.04. The lowest BCUT2D eigenvalue weighted by atomic mass is 10.1. The summed E-state index contributed by atoms with van der Waals surface area (Å²) in [7, 11) is 0. The van der Waals surface area contributed by atoms with Crippen molar-refractivity contribution < 1.29 is 0 Å². The van der Waals surface area contributed by atoms with E-state index in [1.54, 1.807) is 0 Å². The summed E-state index contributed by atoms with van der Waals surface area (Å²) in [6.45, 7) is 1.91. The predicted octanol–water partition coefficient (Wildman–Crippen LogP) is 1.85. The summed E-state index contributed by atoms with van der Waals surface area (Å²) in [5.41, 5.74) is 5.50. The Labute approximate surface area is 95.1 Å². The maximum atomic E-state index is 5.50. The molecule has 1 atom stereocenters. The summed E-state index contributed by atoms with van der Waals surface area (Å²) >= 11 is 1.85. The minimum atomic E-state index is 0.510. The highest BCUT2D eigenvalue weighted by molar-refractivity contribution is 7.11. The SMILES string of the molecule is NCCCc1cnc(C2CCCCN2)s1. The molecule has 1 fully saturated rings. The van der Waals surface area contributed by atoms with Gasteiger partial charge in [0.2, 0.25) is 0 Å². The summed E-state index contributed by atoms with van der Waals surface area (Å²) in [6.07, 6.45) is 8.05. The van der Waals surface area contributed by atoms with Gasteiger partial charge in [-0.3, -0.25) is 0 Å². The van der Waals surface area contributed by atoms with E-state index in [9.17, 15) is 0 Å². The number of piperidine rings is 1. The lowest BCUT2D eigenvalue weighted by molar-refractivity contribution is 0.411. The summed E-state index contributed by atoms with van der Waals surface area (Å²) in [4.78, 5) is 5.89. The molecule has 1 aliphatic rings. The number of nitrogens with one attached hydrogen (secondary N) is 1. The van der Waals surface area contributed by atoms with Crippen molar-refractivity contribution in [2.24, 2.45) is 5.73 Å². The van der Waals surface area contributed by atoms with Crippen LogP contribution in [-0.2, 0) is 6.42 Å². The normalized spacial score (nSPS) is 21.8. The van der Waals surface area contributed by atoms with Crippen LogP contribution >= 0.6 is 11.3 Å². The third kappa shape index (κ3) is 3.00. The van der Waals surface area contributed by atoms with Crippen molar-refractivity contribution in [1.29, 1.82) is 0 Å². The monoisotopic (exact) mass is 225 g/mol. The van der Waals surface area contributed by atoms with Crippen LogP contribution in [0.4, 0.5) is 0 Å². The minimum absolute atomic E-state index is 0.510. The first-order valence-electron chi connectivity index (χ1n) is 5.78. The molecule has 84 valence electrons. The van der Waals surface area contributed by atoms with Crippen LogP contribution in [0.3, 0.4) is 0 Å². The molecule has 0 aromatic carbocycles. The molecule has 1 aromatic heterocycles. The van der Waals surface area contributed by atoms with Gasteiger partial charge in [-0.15, -0.1) is 11.3 Å². The number of hydrogen-bond donors (Lipinski definition) is 2. The van der Waals surface area contributed by atoms with E-state index in [1.807, 2.05) is 17.5 Å². The fraction of sp³-hybridized carbons (Fsp3) is 0.727. The van der Waals surface area contributed by atoms with Gasteiger partial charge in [-0.2, -0.15) is 0 Å². The van der Waals surface area contributed by atoms with Crippen molar-refractivity contribution in [3.05, 3.63) is 16.1 Å². The summed E-state index contributed by atoms with van der Waals surface area (Å²) in [5, 5.41) is 4.79. The zero-order valence-corrected chi connectivity index (χ0v) is 9.85. The Balaban J connectivity index is 1.93. The Hall–Kier alpha value is -0.450. The van der Waals surface area contributed by atoms with Crippen LogP contribution in [0.15, 0.2) is 6.20 Å². The van der Waals surface area contributed by atoms with Crippen LogP contribution in [0.1, 0.15) is 41.6 Å². The van der Waals surface area contributed by atoms with Gasteiger partial charge in [0.25, 0.3) is 0 Å². The highest BCUT2D eigenvalue weighted by atomic mass is 32.1. The van der Waals surface area contributed by atoms with Gasteiger partial charge in [-0.25, -0.2) is 4.98 Å². The highest BCUT2D eigenvalue weighted by Gasteiger charge is 2.17. The molecule has 2 rings (SSSR count). The third-order valence-corrected chi connectivity index (χ3v) is 3.98. The van der Waals surface area contributed by atoms with Crippen molar-refractivity contribution in [3.8, 4) is 0 Å². The van der Waals surface area contributed by atoms with E-state index in [4.69, 9.17) is 5.73 Å². The lowest BCUT2D eigenvalue weighted by Crippen LogP contribution is -2.26. The Morgan fingerprint density at radius 1 is 1.53 bits per heavy atom. The molecule has 0 amide bonds. The largest absolute Gasteiger partial charge is 0.330 e. The van der Waals surface area contributed by atoms with Gasteiger partial charge in [0.05, 0.1) is 6.04 Å². The standard InChI is InChI=1S/C11H19N3S/c12-6-3-4-9-8-14-11(15-9)10-5-1-2-7-13-10/h8,10,13H,1-7,12H2. The second-order valence-corrected chi connectivity index (χ2v) is 5.21. The van der Waals surface area contributed by atoms with Crippen molar-refractivity contribution in [2.75, 3.05) is 13.1 Å². The Morgan fingerprint density at radius 2 is 2.47 bits per heavy atom. The number of thiazole rings is 1. The second kappa shape index (κ2) is 5.58. The van der Waals surface area contributed by atoms with Gasteiger partial charge in [0.15, 0.2) is 0 Å². The van der Waals surface area contributed by atoms with E-state index < -0.39 is 0 Å². The summed E-state index contributed by atoms with van der Waals surface area (Å²) in [5.74, 6) is 0. The first kappa shape index (κ1) is 11.0. The van der Waals surface area contributed by atoms with Gasteiger partial charge in [0.1, 0.15) is 5.01 Å². The fourth-order valence-corrected chi connectivity index (χ4v) is 3.01. The topological polar surface area (TPSA) is 50.9 Å². The molecule has 15 heavy (non-hydrogen) atoms. The molecule has 1 unspecified atom stereocenters. The second-order valence-electron chi connectivity index (χ2n) is 4.06. The fourth-order valence-electron chi connectivity index (χ4n) is 1.94. The average Bonchev–Trinajstić information content (AvgIpc) is 2.76. The quantitative estimate of drug-likeness (QED) is 0.822. The molecule has 1 aromatic rings. The van der Waals surface area contributed by atoms with Gasteiger partial charge in [0, 0.05) is 11.1 Å². The number of rotatable bonds is 4. The van der Waals surface area contributed by atoms with Crippen LogP contribution in [0.25, 0.3) is 0 Å². The van der Waals surface area contributed by atoms with Crippen molar-refractivity contribution in [2.45, 2.75) is 38.1 Å². The number of hydrogen-bond acceptors (Lipinski definition) is 4. The molecular formula is C11H19N3S. The first-order chi connectivity index (χ1) is 7.40. The molecule has 1 aliphatic heterocycles. The summed E-state index contributed by atoms with van der Waals surface area (Å²) < 4.78 is 0. The van der Waals surface area contributed by atoms with E-state index in [-0.39, 0.29) is 0 Å². The van der Waals surface area contributed by atoms with Crippen molar-refractivity contribution in [1.82, 2.24) is 10.3 Å². The zero-order chi connectivity index (χ0) is 10.5. The first-order valence-corrected chi connectivity index (χ1v) is 6.60. The molecule has 3 nitrogen and oxygen atoms in total. The molecule has 2 heterocycles. The molecular weight excluding hydrogens is 206 g/mol. The number of nitrogens with zero attached hydrogens (tertiary/aromatic N) is 1. The van der Waals surface area contributed by atoms with Crippen molar-refractivity contribution in [3.63, 3.8) is 0 Å². The van der Waals surface area contributed by atoms with E-state index in [0.717, 1.165) is 25.9 Å². The molecule has 1 saturated heterocycles. The highest BCUT2D eigenvalue weighted by Crippen LogP contribution is 2.27. The van der Waals surface area contributed by atoms with Gasteiger partial charge in [-0.1, -0.05) is 6.42 Å². The van der Waals surface area contributed by atoms with E-state index in [0.29, 0.717) is 6.04 Å². The molecule has 3 N–H and O–H groups in total. The van der Waals surface area contributed by atoms with Gasteiger partial charge < -0.3 is 11.1 Å². The molecule has 0 radical (unpaired) electrons. The van der Waals surface area contributed by atoms with Gasteiger partial charge >= 0.3 is 0 Å². The third-order valence-electron chi connectivity index (χ3n) is 2.81.